The van der Waals surface area contributed by atoms with Crippen molar-refractivity contribution < 1.29 is 9.26 Å². The van der Waals surface area contributed by atoms with Crippen molar-refractivity contribution in [2.45, 2.75) is 59.5 Å². The first kappa shape index (κ1) is 31.2. The van der Waals surface area contributed by atoms with Gasteiger partial charge in [0.1, 0.15) is 11.6 Å². The quantitative estimate of drug-likeness (QED) is 0.217. The van der Waals surface area contributed by atoms with Crippen LogP contribution in [0.1, 0.15) is 56.3 Å². The van der Waals surface area contributed by atoms with Gasteiger partial charge in [-0.05, 0) is 67.6 Å². The second-order valence-electron chi connectivity index (χ2n) is 10.2. The molecule has 3 aromatic carbocycles. The minimum absolute atomic E-state index is 0. The maximum absolute atomic E-state index is 13.9. The molecular weight excluding hydrogens is 539 g/mol. The van der Waals surface area contributed by atoms with E-state index in [1.807, 2.05) is 86.6 Å². The third-order valence-corrected chi connectivity index (χ3v) is 7.19. The van der Waals surface area contributed by atoms with Crippen LogP contribution in [0.3, 0.4) is 0 Å². The van der Waals surface area contributed by atoms with Gasteiger partial charge in [-0.1, -0.05) is 74.0 Å². The van der Waals surface area contributed by atoms with Gasteiger partial charge < -0.3 is 4.74 Å². The van der Waals surface area contributed by atoms with E-state index < -0.39 is 5.76 Å². The van der Waals surface area contributed by atoms with Gasteiger partial charge in [-0.3, -0.25) is 18.9 Å². The number of ether oxygens (including phenoxy) is 1. The van der Waals surface area contributed by atoms with Crippen molar-refractivity contribution in [2.24, 2.45) is 0 Å². The molecule has 0 aliphatic carbocycles. The van der Waals surface area contributed by atoms with Gasteiger partial charge in [0.05, 0.1) is 17.5 Å². The number of nitrogens with one attached hydrogen (secondary N) is 1. The summed E-state index contributed by atoms with van der Waals surface area (Å²) in [5, 5.41) is 3.85. The van der Waals surface area contributed by atoms with E-state index in [9.17, 15) is 9.59 Å². The molecule has 9 heteroatoms. The number of aromatic amines is 1. The number of benzene rings is 3. The number of H-pyrrole nitrogens is 1. The van der Waals surface area contributed by atoms with E-state index in [1.54, 1.807) is 4.57 Å². The van der Waals surface area contributed by atoms with Crippen LogP contribution in [-0.4, -0.2) is 55.4 Å². The second-order valence-corrected chi connectivity index (χ2v) is 10.2. The van der Waals surface area contributed by atoms with Crippen LogP contribution < -0.4 is 16.1 Å². The Morgan fingerprint density at radius 3 is 2.26 bits per heavy atom. The molecule has 1 N–H and O–H groups in total. The Bertz CT molecular complexity index is 1760. The Labute approximate surface area is 267 Å². The van der Waals surface area contributed by atoms with Crippen LogP contribution in [0.4, 0.5) is 0 Å². The fourth-order valence-electron chi connectivity index (χ4n) is 4.93. The number of aryl methyl sites for hydroxylation is 2. The van der Waals surface area contributed by atoms with Crippen LogP contribution in [0.2, 0.25) is 0 Å². The molecule has 5 rings (SSSR count). The van der Waals surface area contributed by atoms with E-state index >= 15 is 0 Å². The monoisotopic (exact) mass is 574 g/mol. The van der Waals surface area contributed by atoms with Gasteiger partial charge in [0.15, 0.2) is 5.82 Å². The van der Waals surface area contributed by atoms with E-state index in [4.69, 9.17) is 14.2 Å². The van der Waals surface area contributed by atoms with Crippen LogP contribution in [0, 0.1) is 6.92 Å². The summed E-state index contributed by atoms with van der Waals surface area (Å²) in [6.07, 6.45) is 3.13. The van der Waals surface area contributed by atoms with Gasteiger partial charge in [0.25, 0.3) is 5.56 Å². The van der Waals surface area contributed by atoms with Crippen LogP contribution in [0.15, 0.2) is 86.9 Å². The summed E-state index contributed by atoms with van der Waals surface area (Å²) < 4.78 is 12.3. The van der Waals surface area contributed by atoms with Gasteiger partial charge in [0.2, 0.25) is 0 Å². The zero-order chi connectivity index (χ0) is 28.9. The van der Waals surface area contributed by atoms with E-state index in [0.717, 1.165) is 58.6 Å². The molecule has 0 saturated carbocycles. The molecule has 0 radical (unpaired) electrons. The molecule has 0 saturated heterocycles. The number of hydrogen-bond acceptors (Lipinski definition) is 6. The summed E-state index contributed by atoms with van der Waals surface area (Å²) in [6.45, 7) is 8.09. The average Bonchev–Trinajstić information content (AvgIpc) is 3.42. The van der Waals surface area contributed by atoms with E-state index in [2.05, 4.69) is 24.0 Å². The van der Waals surface area contributed by atoms with Crippen LogP contribution in [0.5, 0.6) is 5.75 Å². The molecular formula is C33H35N4NaO4. The standard InChI is InChI=1S/C33H34N4O4.Na.H/c1-5-9-30-29(32(38)37(22(4)34-30)25-16-18-26(19-17-25)40-21(3)6-2)20-23-12-14-24(15-13-23)27-10-7-8-11-28(27)31-35-33(39)41-36-31;;/h7-8,10-19,21H,5-6,9,20H2,1-4H3,(H,35,36,39);;. The first-order valence-electron chi connectivity index (χ1n) is 14.0. The van der Waals surface area contributed by atoms with E-state index in [0.29, 0.717) is 23.6 Å². The molecule has 2 heterocycles. The molecule has 5 aromatic rings. The summed E-state index contributed by atoms with van der Waals surface area (Å²) in [7, 11) is 0. The number of rotatable bonds is 10. The summed E-state index contributed by atoms with van der Waals surface area (Å²) in [4.78, 5) is 32.9. The molecule has 212 valence electrons. The molecule has 0 spiro atoms. The Morgan fingerprint density at radius 1 is 0.952 bits per heavy atom. The zero-order valence-electron chi connectivity index (χ0n) is 23.8. The van der Waals surface area contributed by atoms with Crippen molar-refractivity contribution in [1.29, 1.82) is 0 Å². The minimum atomic E-state index is -0.597. The second kappa shape index (κ2) is 14.0. The topological polar surface area (TPSA) is 103 Å². The average molecular weight is 575 g/mol. The first-order valence-corrected chi connectivity index (χ1v) is 14.0. The van der Waals surface area contributed by atoms with Gasteiger partial charge in [-0.15, -0.1) is 0 Å². The van der Waals surface area contributed by atoms with Crippen molar-refractivity contribution >= 4 is 29.6 Å². The predicted molar refractivity (Wildman–Crippen MR) is 167 cm³/mol. The first-order chi connectivity index (χ1) is 19.9. The zero-order valence-corrected chi connectivity index (χ0v) is 23.8. The number of aromatic nitrogens is 4. The van der Waals surface area contributed by atoms with Gasteiger partial charge in [0, 0.05) is 17.5 Å². The van der Waals surface area contributed by atoms with Crippen molar-refractivity contribution in [3.8, 4) is 34.0 Å². The number of nitrogens with zero attached hydrogens (tertiary/aromatic N) is 3. The molecule has 0 bridgehead atoms. The van der Waals surface area contributed by atoms with Crippen LogP contribution in [-0.2, 0) is 12.8 Å². The van der Waals surface area contributed by atoms with E-state index in [-0.39, 0.29) is 41.2 Å². The van der Waals surface area contributed by atoms with Crippen LogP contribution >= 0.6 is 0 Å². The van der Waals surface area contributed by atoms with Gasteiger partial charge in [-0.25, -0.2) is 9.78 Å². The molecule has 1 unspecified atom stereocenters. The summed E-state index contributed by atoms with van der Waals surface area (Å²) in [6, 6.07) is 23.4. The normalized spacial score (nSPS) is 11.6. The van der Waals surface area contributed by atoms with Crippen molar-refractivity contribution in [1.82, 2.24) is 19.7 Å². The molecule has 0 fully saturated rings. The molecule has 1 atom stereocenters. The Morgan fingerprint density at radius 2 is 1.64 bits per heavy atom. The van der Waals surface area contributed by atoms with Crippen molar-refractivity contribution in [2.75, 3.05) is 0 Å². The summed E-state index contributed by atoms with van der Waals surface area (Å²) >= 11 is 0. The predicted octanol–water partition coefficient (Wildman–Crippen LogP) is 5.62. The molecule has 2 aromatic heterocycles. The number of hydrogen-bond donors (Lipinski definition) is 1. The van der Waals surface area contributed by atoms with Crippen LogP contribution in [0.25, 0.3) is 28.2 Å². The van der Waals surface area contributed by atoms with Crippen molar-refractivity contribution in [3.05, 3.63) is 116 Å². The molecule has 0 aliphatic rings. The third kappa shape index (κ3) is 6.84. The summed E-state index contributed by atoms with van der Waals surface area (Å²) in [5.41, 5.74) is 5.89. The fraction of sp³-hybridized carbons (Fsp3) is 0.273. The maximum atomic E-state index is 13.9. The molecule has 0 aliphatic heterocycles. The van der Waals surface area contributed by atoms with Gasteiger partial charge in [-0.2, -0.15) is 0 Å². The Kier molecular flexibility index (Phi) is 10.4. The SMILES string of the molecule is CCCc1nc(C)n(-c2ccc(OC(C)CC)cc2)c(=O)c1Cc1ccc(-c2ccccc2-c2noc(=O)[nH]2)cc1.[NaH]. The van der Waals surface area contributed by atoms with Gasteiger partial charge >= 0.3 is 35.3 Å². The Balaban J connectivity index is 0.00000405. The molecule has 8 nitrogen and oxygen atoms in total. The third-order valence-electron chi connectivity index (χ3n) is 7.19. The summed E-state index contributed by atoms with van der Waals surface area (Å²) in [5.74, 6) is 1.22. The Hall–Kier alpha value is -3.72. The van der Waals surface area contributed by atoms with Crippen molar-refractivity contribution in [3.63, 3.8) is 0 Å². The molecule has 42 heavy (non-hydrogen) atoms. The van der Waals surface area contributed by atoms with E-state index in [1.165, 1.54) is 0 Å². The molecule has 0 amide bonds. The fourth-order valence-corrected chi connectivity index (χ4v) is 4.93.